The topological polar surface area (TPSA) is 54.4 Å². The highest BCUT2D eigenvalue weighted by atomic mass is 32.2. The Labute approximate surface area is 137 Å². The molecule has 1 amide bonds. The van der Waals surface area contributed by atoms with E-state index in [1.54, 1.807) is 0 Å². The number of nitrogens with one attached hydrogen (secondary N) is 1. The van der Waals surface area contributed by atoms with Crippen LogP contribution in [-0.4, -0.2) is 26.8 Å². The van der Waals surface area contributed by atoms with Crippen molar-refractivity contribution in [3.8, 4) is 0 Å². The molecule has 2 unspecified atom stereocenters. The van der Waals surface area contributed by atoms with Gasteiger partial charge < -0.3 is 5.32 Å². The lowest BCUT2D eigenvalue weighted by molar-refractivity contribution is -0.132. The zero-order valence-corrected chi connectivity index (χ0v) is 13.4. The maximum Gasteiger partial charge on any atom is 0.296 e. The highest BCUT2D eigenvalue weighted by Gasteiger charge is 2.61. The second kappa shape index (κ2) is 5.00. The van der Waals surface area contributed by atoms with Crippen molar-refractivity contribution in [2.24, 2.45) is 16.8 Å². The molecule has 3 aliphatic carbocycles. The van der Waals surface area contributed by atoms with Crippen LogP contribution in [0.5, 0.6) is 0 Å². The van der Waals surface area contributed by atoms with Crippen molar-refractivity contribution >= 4 is 22.8 Å². The van der Waals surface area contributed by atoms with E-state index < -0.39 is 16.6 Å². The van der Waals surface area contributed by atoms with E-state index in [9.17, 15) is 13.6 Å². The van der Waals surface area contributed by atoms with E-state index in [1.807, 2.05) is 0 Å². The lowest BCUT2D eigenvalue weighted by Crippen LogP contribution is -2.47. The Hall–Kier alpha value is -1.50. The normalized spacial score (nSPS) is 37.8. The van der Waals surface area contributed by atoms with Crippen molar-refractivity contribution < 1.29 is 13.6 Å². The molecule has 1 saturated heterocycles. The molecule has 4 fully saturated rings. The Kier molecular flexibility index (Phi) is 3.27. The summed E-state index contributed by atoms with van der Waals surface area (Å²) in [6.45, 7) is 1.28. The molecular weight excluding hydrogens is 320 g/mol. The third-order valence-corrected chi connectivity index (χ3v) is 6.52. The van der Waals surface area contributed by atoms with Gasteiger partial charge in [-0.05, 0) is 50.2 Å². The van der Waals surface area contributed by atoms with Crippen molar-refractivity contribution in [1.29, 1.82) is 0 Å². The number of nitrogens with zero attached hydrogens (tertiary/aromatic N) is 2. The highest BCUT2D eigenvalue weighted by Crippen LogP contribution is 2.52. The van der Waals surface area contributed by atoms with Gasteiger partial charge in [-0.2, -0.15) is 8.78 Å². The number of aliphatic imine (C=N–C) groups is 1. The number of halogens is 2. The number of rotatable bonds is 3. The van der Waals surface area contributed by atoms with Gasteiger partial charge in [-0.25, -0.2) is 0 Å². The maximum absolute atomic E-state index is 14.9. The average Bonchev–Trinajstić information content (AvgIpc) is 3.13. The molecule has 4 nitrogen and oxygen atoms in total. The largest absolute Gasteiger partial charge is 0.304 e. The lowest BCUT2D eigenvalue weighted by Gasteiger charge is -2.29. The van der Waals surface area contributed by atoms with E-state index in [2.05, 4.69) is 15.3 Å². The van der Waals surface area contributed by atoms with Gasteiger partial charge >= 0.3 is 0 Å². The number of pyridine rings is 1. The second-order valence-electron chi connectivity index (χ2n) is 6.73. The van der Waals surface area contributed by atoms with Crippen molar-refractivity contribution in [2.45, 2.75) is 42.9 Å². The number of hydrogen-bond acceptors (Lipinski definition) is 4. The summed E-state index contributed by atoms with van der Waals surface area (Å²) in [6.07, 6.45) is 6.01. The molecule has 23 heavy (non-hydrogen) atoms. The molecule has 7 heteroatoms. The summed E-state index contributed by atoms with van der Waals surface area (Å²) in [4.78, 5) is 20.6. The van der Waals surface area contributed by atoms with Crippen LogP contribution in [0.25, 0.3) is 0 Å². The molecule has 2 bridgehead atoms. The molecule has 1 N–H and O–H groups in total. The number of carbonyl (C=O) groups excluding carboxylic acids is 1. The van der Waals surface area contributed by atoms with Crippen LogP contribution in [0.3, 0.4) is 0 Å². The molecule has 2 heterocycles. The third kappa shape index (κ3) is 2.20. The van der Waals surface area contributed by atoms with Gasteiger partial charge in [0, 0.05) is 18.0 Å². The molecule has 0 aromatic carbocycles. The summed E-state index contributed by atoms with van der Waals surface area (Å²) in [5.41, 5.74) is -0.206. The molecule has 1 aliphatic heterocycles. The quantitative estimate of drug-likeness (QED) is 0.923. The fraction of sp³-hybridized carbons (Fsp3) is 0.562. The van der Waals surface area contributed by atoms with E-state index >= 15 is 0 Å². The first kappa shape index (κ1) is 15.1. The summed E-state index contributed by atoms with van der Waals surface area (Å²) >= 11 is 0.849. The zero-order valence-electron chi connectivity index (χ0n) is 12.6. The predicted octanol–water partition coefficient (Wildman–Crippen LogP) is 2.95. The van der Waals surface area contributed by atoms with Crippen LogP contribution in [0.15, 0.2) is 29.5 Å². The third-order valence-electron chi connectivity index (χ3n) is 5.27. The molecule has 0 spiro atoms. The summed E-state index contributed by atoms with van der Waals surface area (Å²) < 4.78 is 27.9. The average molecular weight is 337 g/mol. The number of alkyl halides is 2. The summed E-state index contributed by atoms with van der Waals surface area (Å²) in [7, 11) is 0. The molecule has 2 atom stereocenters. The minimum Gasteiger partial charge on any atom is -0.304 e. The minimum atomic E-state index is -3.31. The van der Waals surface area contributed by atoms with Crippen LogP contribution in [0.4, 0.5) is 8.78 Å². The highest BCUT2D eigenvalue weighted by molar-refractivity contribution is 8.16. The van der Waals surface area contributed by atoms with Gasteiger partial charge in [0.25, 0.3) is 5.92 Å². The molecule has 1 aromatic heterocycles. The molecule has 0 radical (unpaired) electrons. The van der Waals surface area contributed by atoms with E-state index in [0.717, 1.165) is 24.1 Å². The van der Waals surface area contributed by atoms with E-state index in [0.29, 0.717) is 11.1 Å². The molecule has 3 saturated carbocycles. The van der Waals surface area contributed by atoms with Crippen LogP contribution >= 0.6 is 11.8 Å². The van der Waals surface area contributed by atoms with Crippen LogP contribution in [0.2, 0.25) is 0 Å². The van der Waals surface area contributed by atoms with Gasteiger partial charge in [-0.15, -0.1) is 0 Å². The lowest BCUT2D eigenvalue weighted by atomic mass is 9.84. The molecule has 4 aliphatic rings. The van der Waals surface area contributed by atoms with Crippen LogP contribution in [-0.2, 0) is 10.7 Å². The van der Waals surface area contributed by atoms with Gasteiger partial charge in [-0.1, -0.05) is 11.8 Å². The minimum absolute atomic E-state index is 0.180. The fourth-order valence-corrected chi connectivity index (χ4v) is 4.83. The van der Waals surface area contributed by atoms with Crippen LogP contribution in [0.1, 0.15) is 31.7 Å². The number of aromatic nitrogens is 1. The molecular formula is C16H17F2N3OS. The zero-order chi connectivity index (χ0) is 16.2. The van der Waals surface area contributed by atoms with Crippen LogP contribution < -0.4 is 5.32 Å². The first-order valence-corrected chi connectivity index (χ1v) is 8.58. The fourth-order valence-electron chi connectivity index (χ4n) is 3.72. The number of amides is 1. The summed E-state index contributed by atoms with van der Waals surface area (Å²) in [5.74, 6) is -2.69. The maximum atomic E-state index is 14.9. The second-order valence-corrected chi connectivity index (χ2v) is 8.14. The Bertz CT molecular complexity index is 675. The molecule has 1 aromatic rings. The number of hydrogen-bond donors (Lipinski definition) is 1. The SMILES string of the molecule is CC1(C(F)(F)c2ccncc2)SC(=NC2CC3CC2C3)NC1=O. The van der Waals surface area contributed by atoms with Gasteiger partial charge in [0.15, 0.2) is 9.91 Å². The Balaban J connectivity index is 1.60. The summed E-state index contributed by atoms with van der Waals surface area (Å²) in [6, 6.07) is 2.68. The first-order chi connectivity index (χ1) is 10.9. The first-order valence-electron chi connectivity index (χ1n) is 7.77. The summed E-state index contributed by atoms with van der Waals surface area (Å²) in [5, 5.41) is 2.90. The Morgan fingerprint density at radius 1 is 1.35 bits per heavy atom. The van der Waals surface area contributed by atoms with Gasteiger partial charge in [-0.3, -0.25) is 14.8 Å². The predicted molar refractivity (Wildman–Crippen MR) is 84.3 cm³/mol. The van der Waals surface area contributed by atoms with Crippen molar-refractivity contribution in [3.63, 3.8) is 0 Å². The standard InChI is InChI=1S/C16H17F2N3OS/c1-15(16(17,18)11-2-4-19-5-3-11)13(22)21-14(23-15)20-12-8-9-6-10(12)7-9/h2-5,9-10,12H,6-8H2,1H3,(H,20,21,22). The Morgan fingerprint density at radius 3 is 2.65 bits per heavy atom. The van der Waals surface area contributed by atoms with E-state index in [4.69, 9.17) is 0 Å². The van der Waals surface area contributed by atoms with E-state index in [-0.39, 0.29) is 11.6 Å². The van der Waals surface area contributed by atoms with Gasteiger partial charge in [0.05, 0.1) is 6.04 Å². The van der Waals surface area contributed by atoms with Crippen molar-refractivity contribution in [2.75, 3.05) is 0 Å². The number of amidine groups is 1. The van der Waals surface area contributed by atoms with Crippen LogP contribution in [0, 0.1) is 11.8 Å². The Morgan fingerprint density at radius 2 is 2.04 bits per heavy atom. The monoisotopic (exact) mass is 337 g/mol. The number of carbonyl (C=O) groups is 1. The van der Waals surface area contributed by atoms with Gasteiger partial charge in [0.2, 0.25) is 5.91 Å². The smallest absolute Gasteiger partial charge is 0.296 e. The van der Waals surface area contributed by atoms with Crippen molar-refractivity contribution in [1.82, 2.24) is 10.3 Å². The van der Waals surface area contributed by atoms with E-state index in [1.165, 1.54) is 44.3 Å². The number of fused-ring (bicyclic) bond motifs is 1. The molecule has 5 rings (SSSR count). The molecule has 122 valence electrons. The number of thioether (sulfide) groups is 1. The van der Waals surface area contributed by atoms with Crippen molar-refractivity contribution in [3.05, 3.63) is 30.1 Å². The van der Waals surface area contributed by atoms with Gasteiger partial charge in [0.1, 0.15) is 0 Å².